The molecule has 0 bridgehead atoms. The number of benzene rings is 8. The van der Waals surface area contributed by atoms with Crippen LogP contribution in [0.5, 0.6) is 0 Å². The monoisotopic (exact) mass is 1400 g/mol. The Balaban J connectivity index is 0.000000446. The van der Waals surface area contributed by atoms with Crippen molar-refractivity contribution in [3.8, 4) is 51.1 Å². The maximum absolute atomic E-state index is 11.3. The Morgan fingerprint density at radius 2 is 1.09 bits per heavy atom. The SMILES string of the molecule is CC(C)(C)c1ccnc(-c2[c-]cccc2)c1.[2H]C([2H])([2H])c1cnc(-c2[c-]ccc3c2oc2c(-c4cc5c6c(c4)-n4c7ccc(C(C)(C)C)cc7c7cc(C(C)(C)C)cc(c74)B6c4cc(C(C)(C)C)cc6c7cc(C(C)(C)C)ccc7n-5c46)c(C#N)ccc23)cc1C([2H])([2H])C(C)(C)C.[Ir]. The third-order valence-corrected chi connectivity index (χ3v) is 19.1. The van der Waals surface area contributed by atoms with Crippen LogP contribution in [0.4, 0.5) is 0 Å². The third-order valence-electron chi connectivity index (χ3n) is 19.1. The molecular weight excluding hydrogens is 1310 g/mol. The molecule has 0 aliphatic carbocycles. The molecule has 0 amide bonds. The van der Waals surface area contributed by atoms with Crippen LogP contribution < -0.4 is 16.4 Å². The molecule has 15 rings (SSSR count). The molecule has 0 spiro atoms. The standard InChI is InChI=1S/C70H68BN4O.C15H16N.Ir/c1-38-37-73-55(26-41(38)35-66(2,3)4)48-19-17-18-46-47-23-20-39(36-72)60(65(47)76-64(46)48)40-27-58-61-59(28-40)75-57-25-22-43(68(8,9)10)30-50(57)52-32-45(70(14,15)16)34-54(63(52)75)71(61)53-33-44(69(11,12)13)31-51-49-29-42(67(5,6)7)21-24-56(49)74(58)62(51)53;1-15(2,3)13-9-10-16-14(11-13)12-7-5-4-6-8-12;/h17-18,20-34,37H,35H2,1-16H3;4-7,9-11H,1-3H3;/q2*-1;/i1D3,35D2;;. The number of aromatic nitrogens is 4. The Morgan fingerprint density at radius 1 is 0.538 bits per heavy atom. The molecule has 0 saturated carbocycles. The molecule has 2 aliphatic heterocycles. The van der Waals surface area contributed by atoms with Gasteiger partial charge in [-0.1, -0.05) is 184 Å². The molecule has 0 atom stereocenters. The topological polar surface area (TPSA) is 72.6 Å². The van der Waals surface area contributed by atoms with Crippen molar-refractivity contribution >= 4 is 88.7 Å². The molecular formula is C85H84BIrN5O-2. The summed E-state index contributed by atoms with van der Waals surface area (Å²) in [5, 5.41) is 17.7. The Hall–Kier alpha value is -8.34. The van der Waals surface area contributed by atoms with E-state index in [1.54, 1.807) is 32.9 Å². The van der Waals surface area contributed by atoms with Gasteiger partial charge in [0.1, 0.15) is 5.58 Å². The minimum absolute atomic E-state index is 0. The molecule has 0 unspecified atom stereocenters. The molecule has 5 aromatic heterocycles. The van der Waals surface area contributed by atoms with Crippen molar-refractivity contribution in [2.24, 2.45) is 5.41 Å². The van der Waals surface area contributed by atoms with Crippen molar-refractivity contribution in [2.45, 2.75) is 165 Å². The van der Waals surface area contributed by atoms with Gasteiger partial charge >= 0.3 is 0 Å². The van der Waals surface area contributed by atoms with Crippen LogP contribution in [0.3, 0.4) is 0 Å². The van der Waals surface area contributed by atoms with Gasteiger partial charge in [-0.05, 0) is 173 Å². The van der Waals surface area contributed by atoms with E-state index < -0.39 is 18.6 Å². The van der Waals surface area contributed by atoms with Crippen LogP contribution in [0.25, 0.3) is 111 Å². The first-order valence-electron chi connectivity index (χ1n) is 35.0. The number of nitriles is 1. The molecule has 7 heterocycles. The van der Waals surface area contributed by atoms with Crippen molar-refractivity contribution in [3.63, 3.8) is 0 Å². The summed E-state index contributed by atoms with van der Waals surface area (Å²) in [5.41, 5.74) is 21.2. The Bertz CT molecular complexity index is 5330. The normalized spacial score (nSPS) is 14.3. The van der Waals surface area contributed by atoms with Gasteiger partial charge < -0.3 is 23.5 Å². The van der Waals surface area contributed by atoms with Gasteiger partial charge in [-0.3, -0.25) is 0 Å². The summed E-state index contributed by atoms with van der Waals surface area (Å²) in [4.78, 5) is 9.09. The molecule has 6 nitrogen and oxygen atoms in total. The summed E-state index contributed by atoms with van der Waals surface area (Å²) >= 11 is 0. The first-order chi connectivity index (χ1) is 45.2. The molecule has 8 heteroatoms. The van der Waals surface area contributed by atoms with Crippen molar-refractivity contribution in [1.82, 2.24) is 19.1 Å². The minimum atomic E-state index is -2.61. The van der Waals surface area contributed by atoms with Gasteiger partial charge in [-0.15, -0.1) is 54.1 Å². The smallest absolute Gasteiger partial charge is 0.252 e. The van der Waals surface area contributed by atoms with Crippen molar-refractivity contribution in [2.75, 3.05) is 0 Å². The molecule has 13 aromatic rings. The quantitative estimate of drug-likeness (QED) is 0.130. The molecule has 93 heavy (non-hydrogen) atoms. The largest absolute Gasteiger partial charge is 0.500 e. The maximum atomic E-state index is 11.3. The zero-order valence-corrected chi connectivity index (χ0v) is 59.4. The van der Waals surface area contributed by atoms with E-state index in [0.29, 0.717) is 33.6 Å². The van der Waals surface area contributed by atoms with E-state index in [1.807, 2.05) is 48.7 Å². The Morgan fingerprint density at radius 3 is 1.60 bits per heavy atom. The van der Waals surface area contributed by atoms with E-state index in [0.717, 1.165) is 50.0 Å². The number of furan rings is 1. The number of nitrogens with zero attached hydrogens (tertiary/aromatic N) is 5. The molecule has 469 valence electrons. The van der Waals surface area contributed by atoms with Crippen molar-refractivity contribution in [1.29, 1.82) is 5.26 Å². The minimum Gasteiger partial charge on any atom is -0.500 e. The van der Waals surface area contributed by atoms with E-state index in [9.17, 15) is 8.00 Å². The molecule has 2 aliphatic rings. The number of rotatable bonds is 4. The summed E-state index contributed by atoms with van der Waals surface area (Å²) in [6.45, 7) is 36.8. The first kappa shape index (κ1) is 57.3. The number of pyridine rings is 2. The summed E-state index contributed by atoms with van der Waals surface area (Å²) in [6.07, 6.45) is 1.11. The number of aryl methyl sites for hydroxylation is 1. The maximum Gasteiger partial charge on any atom is 0.252 e. The molecule has 8 aromatic carbocycles. The van der Waals surface area contributed by atoms with Gasteiger partial charge in [0.15, 0.2) is 0 Å². The fraction of sp³-hybridized carbons (Fsp3) is 0.306. The zero-order valence-electron chi connectivity index (χ0n) is 62.0. The van der Waals surface area contributed by atoms with Gasteiger partial charge in [-0.2, -0.15) is 5.26 Å². The second-order valence-corrected chi connectivity index (χ2v) is 32.0. The Kier molecular flexibility index (Phi) is 13.5. The van der Waals surface area contributed by atoms with Crippen molar-refractivity contribution in [3.05, 3.63) is 209 Å². The summed E-state index contributed by atoms with van der Waals surface area (Å²) in [7, 11) is 0. The fourth-order valence-electron chi connectivity index (χ4n) is 14.1. The van der Waals surface area contributed by atoms with E-state index in [4.69, 9.17) is 13.5 Å². The van der Waals surface area contributed by atoms with Crippen LogP contribution in [0.2, 0.25) is 0 Å². The van der Waals surface area contributed by atoms with Gasteiger partial charge in [0.2, 0.25) is 0 Å². The molecule has 0 fully saturated rings. The number of fused-ring (bicyclic) bond motifs is 13. The fourth-order valence-corrected chi connectivity index (χ4v) is 14.1. The summed E-state index contributed by atoms with van der Waals surface area (Å²) in [5.74, 6) is 0. The van der Waals surface area contributed by atoms with E-state index in [1.165, 1.54) is 83.0 Å². The van der Waals surface area contributed by atoms with Crippen LogP contribution in [0.15, 0.2) is 156 Å². The summed E-state index contributed by atoms with van der Waals surface area (Å²) < 4.78 is 56.1. The Labute approximate surface area is 571 Å². The van der Waals surface area contributed by atoms with Crippen LogP contribution >= 0.6 is 0 Å². The summed E-state index contributed by atoms with van der Waals surface area (Å²) in [6, 6.07) is 59.0. The van der Waals surface area contributed by atoms with Crippen LogP contribution in [0, 0.1) is 35.7 Å². The van der Waals surface area contributed by atoms with E-state index in [2.05, 4.69) is 221 Å². The van der Waals surface area contributed by atoms with Gasteiger partial charge in [0.05, 0.1) is 28.2 Å². The van der Waals surface area contributed by atoms with E-state index in [-0.39, 0.29) is 65.0 Å². The van der Waals surface area contributed by atoms with Gasteiger partial charge in [-0.25, -0.2) is 0 Å². The average molecular weight is 1400 g/mol. The zero-order chi connectivity index (χ0) is 69.6. The van der Waals surface area contributed by atoms with Gasteiger partial charge in [0, 0.05) is 94.3 Å². The average Bonchev–Trinajstić information content (AvgIpc) is 1.45. The number of hydrogen-bond donors (Lipinski definition) is 0. The second kappa shape index (κ2) is 21.9. The third kappa shape index (κ3) is 10.7. The van der Waals surface area contributed by atoms with Crippen LogP contribution in [-0.4, -0.2) is 25.8 Å². The molecule has 1 radical (unpaired) electrons. The van der Waals surface area contributed by atoms with Crippen LogP contribution in [-0.2, 0) is 53.6 Å². The number of hydrogen-bond acceptors (Lipinski definition) is 4. The molecule has 0 N–H and O–H groups in total. The van der Waals surface area contributed by atoms with Crippen LogP contribution in [0.1, 0.15) is 176 Å². The van der Waals surface area contributed by atoms with Crippen molar-refractivity contribution < 1.29 is 31.4 Å². The van der Waals surface area contributed by atoms with Gasteiger partial charge in [0.25, 0.3) is 6.71 Å². The second-order valence-electron chi connectivity index (χ2n) is 32.0. The predicted octanol–water partition coefficient (Wildman–Crippen LogP) is 20.3. The van der Waals surface area contributed by atoms with E-state index >= 15 is 0 Å². The first-order valence-corrected chi connectivity index (χ1v) is 32.5. The molecule has 0 saturated heterocycles. The predicted molar refractivity (Wildman–Crippen MR) is 389 cm³/mol.